The second kappa shape index (κ2) is 8.19. The summed E-state index contributed by atoms with van der Waals surface area (Å²) in [6.07, 6.45) is 3.02. The quantitative estimate of drug-likeness (QED) is 0.474. The molecule has 1 aliphatic heterocycles. The molecule has 11 heteroatoms. The van der Waals surface area contributed by atoms with Crippen molar-refractivity contribution in [1.82, 2.24) is 23.9 Å². The minimum absolute atomic E-state index is 0.204. The van der Waals surface area contributed by atoms with Gasteiger partial charge in [-0.05, 0) is 42.5 Å². The third-order valence-electron chi connectivity index (χ3n) is 5.24. The number of nitrogens with zero attached hydrogens (tertiary/aromatic N) is 4. The third kappa shape index (κ3) is 3.77. The van der Waals surface area contributed by atoms with Gasteiger partial charge in [-0.2, -0.15) is 9.40 Å². The SMILES string of the molecule is O=c1cc(-c2ccc(Nc3ccc(S(=O)(=O)N4CCOCC4)cc3)c3ncnn23)cc[nH]1. The molecule has 32 heavy (non-hydrogen) atoms. The van der Waals surface area contributed by atoms with Crippen LogP contribution in [0, 0.1) is 0 Å². The van der Waals surface area contributed by atoms with Crippen molar-refractivity contribution >= 4 is 27.0 Å². The fraction of sp³-hybridized carbons (Fsp3) is 0.190. The number of fused-ring (bicyclic) bond motifs is 1. The van der Waals surface area contributed by atoms with E-state index in [1.165, 1.54) is 16.7 Å². The van der Waals surface area contributed by atoms with Crippen LogP contribution in [0.2, 0.25) is 0 Å². The fourth-order valence-electron chi connectivity index (χ4n) is 3.63. The molecule has 0 radical (unpaired) electrons. The summed E-state index contributed by atoms with van der Waals surface area (Å²) in [6.45, 7) is 1.51. The van der Waals surface area contributed by atoms with Gasteiger partial charge in [-0.15, -0.1) is 0 Å². The summed E-state index contributed by atoms with van der Waals surface area (Å²) in [7, 11) is -3.55. The van der Waals surface area contributed by atoms with Gasteiger partial charge in [0.05, 0.1) is 29.5 Å². The molecule has 0 aliphatic carbocycles. The number of sulfonamides is 1. The molecule has 0 bridgehead atoms. The van der Waals surface area contributed by atoms with Gasteiger partial charge in [0.25, 0.3) is 0 Å². The van der Waals surface area contributed by atoms with Gasteiger partial charge in [0.2, 0.25) is 15.6 Å². The lowest BCUT2D eigenvalue weighted by Crippen LogP contribution is -2.40. The largest absolute Gasteiger partial charge is 0.379 e. The smallest absolute Gasteiger partial charge is 0.248 e. The first-order valence-electron chi connectivity index (χ1n) is 9.99. The Balaban J connectivity index is 1.42. The van der Waals surface area contributed by atoms with Crippen LogP contribution in [0.5, 0.6) is 0 Å². The van der Waals surface area contributed by atoms with Gasteiger partial charge >= 0.3 is 0 Å². The van der Waals surface area contributed by atoms with Gasteiger partial charge in [0, 0.05) is 36.6 Å². The van der Waals surface area contributed by atoms with E-state index in [9.17, 15) is 13.2 Å². The van der Waals surface area contributed by atoms with Crippen LogP contribution >= 0.6 is 0 Å². The highest BCUT2D eigenvalue weighted by molar-refractivity contribution is 7.89. The molecule has 4 heterocycles. The molecule has 10 nitrogen and oxygen atoms in total. The maximum atomic E-state index is 12.8. The molecule has 0 unspecified atom stereocenters. The summed E-state index contributed by atoms with van der Waals surface area (Å²) >= 11 is 0. The van der Waals surface area contributed by atoms with Crippen LogP contribution < -0.4 is 10.9 Å². The number of anilines is 2. The van der Waals surface area contributed by atoms with Crippen LogP contribution in [0.15, 0.2) is 70.7 Å². The second-order valence-corrected chi connectivity index (χ2v) is 9.17. The van der Waals surface area contributed by atoms with Crippen molar-refractivity contribution in [3.63, 3.8) is 0 Å². The standard InChI is InChI=1S/C21H20N6O4S/c28-20-13-15(7-8-22-20)19-6-5-18(21-23-14-24-27(19)21)25-16-1-3-17(4-2-16)32(29,30)26-9-11-31-12-10-26/h1-8,13-14,25H,9-12H2,(H,22,28). The zero-order chi connectivity index (χ0) is 22.1. The molecule has 0 spiro atoms. The van der Waals surface area contributed by atoms with E-state index in [0.29, 0.717) is 48.9 Å². The third-order valence-corrected chi connectivity index (χ3v) is 7.15. The number of hydrogen-bond acceptors (Lipinski definition) is 7. The van der Waals surface area contributed by atoms with Crippen molar-refractivity contribution in [2.24, 2.45) is 0 Å². The van der Waals surface area contributed by atoms with Crippen LogP contribution in [0.1, 0.15) is 0 Å². The zero-order valence-corrected chi connectivity index (χ0v) is 17.7. The highest BCUT2D eigenvalue weighted by atomic mass is 32.2. The van der Waals surface area contributed by atoms with Gasteiger partial charge in [-0.1, -0.05) is 0 Å². The highest BCUT2D eigenvalue weighted by Gasteiger charge is 2.26. The Bertz CT molecular complexity index is 1420. The fourth-order valence-corrected chi connectivity index (χ4v) is 5.04. The number of ether oxygens (including phenoxy) is 1. The van der Waals surface area contributed by atoms with Crippen LogP contribution in [0.25, 0.3) is 16.9 Å². The van der Waals surface area contributed by atoms with Crippen LogP contribution in [0.4, 0.5) is 11.4 Å². The van der Waals surface area contributed by atoms with E-state index in [1.54, 1.807) is 41.0 Å². The number of benzene rings is 1. The van der Waals surface area contributed by atoms with Crippen molar-refractivity contribution < 1.29 is 13.2 Å². The van der Waals surface area contributed by atoms with E-state index in [0.717, 1.165) is 5.69 Å². The molecule has 1 aliphatic rings. The van der Waals surface area contributed by atoms with Gasteiger partial charge < -0.3 is 15.0 Å². The summed E-state index contributed by atoms with van der Waals surface area (Å²) in [5.74, 6) is 0. The lowest BCUT2D eigenvalue weighted by atomic mass is 10.1. The molecule has 0 atom stereocenters. The summed E-state index contributed by atoms with van der Waals surface area (Å²) in [4.78, 5) is 18.8. The Morgan fingerprint density at radius 2 is 1.81 bits per heavy atom. The summed E-state index contributed by atoms with van der Waals surface area (Å²) in [5, 5.41) is 7.55. The van der Waals surface area contributed by atoms with Gasteiger partial charge in [-0.25, -0.2) is 17.9 Å². The predicted molar refractivity (Wildman–Crippen MR) is 118 cm³/mol. The lowest BCUT2D eigenvalue weighted by molar-refractivity contribution is 0.0730. The van der Waals surface area contributed by atoms with Crippen molar-refractivity contribution in [1.29, 1.82) is 0 Å². The number of H-pyrrole nitrogens is 1. The number of aromatic nitrogens is 4. The Labute approximate surface area is 183 Å². The Hall–Kier alpha value is -3.54. The van der Waals surface area contributed by atoms with Crippen molar-refractivity contribution in [3.05, 3.63) is 71.4 Å². The van der Waals surface area contributed by atoms with Crippen LogP contribution in [-0.2, 0) is 14.8 Å². The monoisotopic (exact) mass is 452 g/mol. The van der Waals surface area contributed by atoms with Crippen molar-refractivity contribution in [2.75, 3.05) is 31.6 Å². The molecule has 2 N–H and O–H groups in total. The summed E-state index contributed by atoms with van der Waals surface area (Å²) in [6, 6.07) is 13.6. The molecule has 5 rings (SSSR count). The van der Waals surface area contributed by atoms with E-state index in [1.807, 2.05) is 12.1 Å². The molecule has 164 valence electrons. The van der Waals surface area contributed by atoms with E-state index in [2.05, 4.69) is 20.4 Å². The topological polar surface area (TPSA) is 122 Å². The van der Waals surface area contributed by atoms with Crippen molar-refractivity contribution in [2.45, 2.75) is 4.90 Å². The van der Waals surface area contributed by atoms with Gasteiger partial charge in [0.1, 0.15) is 6.33 Å². The lowest BCUT2D eigenvalue weighted by Gasteiger charge is -2.26. The Morgan fingerprint density at radius 1 is 1.03 bits per heavy atom. The number of aromatic amines is 1. The first kappa shape index (κ1) is 20.4. The molecule has 0 saturated carbocycles. The molecule has 1 fully saturated rings. The Morgan fingerprint density at radius 3 is 2.56 bits per heavy atom. The second-order valence-electron chi connectivity index (χ2n) is 7.24. The molecular formula is C21H20N6O4S. The summed E-state index contributed by atoms with van der Waals surface area (Å²) in [5.41, 5.74) is 3.21. The Kier molecular flexibility index (Phi) is 5.21. The van der Waals surface area contributed by atoms with Crippen LogP contribution in [-0.4, -0.2) is 58.6 Å². The van der Waals surface area contributed by atoms with E-state index in [4.69, 9.17) is 4.74 Å². The number of morpholine rings is 1. The highest BCUT2D eigenvalue weighted by Crippen LogP contribution is 2.27. The maximum Gasteiger partial charge on any atom is 0.248 e. The van der Waals surface area contributed by atoms with E-state index >= 15 is 0 Å². The minimum atomic E-state index is -3.55. The first-order valence-corrected chi connectivity index (χ1v) is 11.4. The van der Waals surface area contributed by atoms with Gasteiger partial charge in [0.15, 0.2) is 5.65 Å². The normalized spacial score (nSPS) is 15.1. The number of rotatable bonds is 5. The molecule has 3 aromatic heterocycles. The molecule has 0 amide bonds. The first-order chi connectivity index (χ1) is 15.5. The molecule has 4 aromatic rings. The van der Waals surface area contributed by atoms with E-state index in [-0.39, 0.29) is 10.5 Å². The zero-order valence-electron chi connectivity index (χ0n) is 16.9. The van der Waals surface area contributed by atoms with Gasteiger partial charge in [-0.3, -0.25) is 4.79 Å². The number of nitrogens with one attached hydrogen (secondary N) is 2. The maximum absolute atomic E-state index is 12.8. The number of hydrogen-bond donors (Lipinski definition) is 2. The molecular weight excluding hydrogens is 432 g/mol. The average molecular weight is 452 g/mol. The number of pyridine rings is 2. The summed E-state index contributed by atoms with van der Waals surface area (Å²) < 4.78 is 33.9. The van der Waals surface area contributed by atoms with Crippen LogP contribution in [0.3, 0.4) is 0 Å². The van der Waals surface area contributed by atoms with E-state index < -0.39 is 10.0 Å². The average Bonchev–Trinajstić information content (AvgIpc) is 3.31. The molecule has 1 saturated heterocycles. The predicted octanol–water partition coefficient (Wildman–Crippen LogP) is 1.85. The van der Waals surface area contributed by atoms with Crippen molar-refractivity contribution in [3.8, 4) is 11.3 Å². The molecule has 1 aromatic carbocycles. The minimum Gasteiger partial charge on any atom is -0.379 e.